The Morgan fingerprint density at radius 1 is 1.20 bits per heavy atom. The first-order chi connectivity index (χ1) is 7.16. The maximum atomic E-state index is 2.44. The van der Waals surface area contributed by atoms with Gasteiger partial charge in [0.2, 0.25) is 0 Å². The van der Waals surface area contributed by atoms with E-state index >= 15 is 0 Å². The van der Waals surface area contributed by atoms with E-state index in [1.807, 2.05) is 0 Å². The highest BCUT2D eigenvalue weighted by Gasteiger charge is 2.42. The van der Waals surface area contributed by atoms with Crippen LogP contribution in [-0.2, 0) is 0 Å². The number of benzene rings is 1. The van der Waals surface area contributed by atoms with E-state index in [1.165, 1.54) is 17.5 Å². The van der Waals surface area contributed by atoms with Crippen molar-refractivity contribution in [2.24, 2.45) is 5.92 Å². The minimum absolute atomic E-state index is 0.652. The van der Waals surface area contributed by atoms with Gasteiger partial charge in [-0.15, -0.1) is 0 Å². The minimum Gasteiger partial charge on any atom is -0.0690 e. The Labute approximate surface area is 92.0 Å². The van der Waals surface area contributed by atoms with Crippen LogP contribution in [0.5, 0.6) is 0 Å². The van der Waals surface area contributed by atoms with Crippen LogP contribution in [0.25, 0.3) is 6.08 Å². The zero-order chi connectivity index (χ0) is 10.6. The monoisotopic (exact) mass is 198 g/mol. The van der Waals surface area contributed by atoms with E-state index in [4.69, 9.17) is 0 Å². The maximum absolute atomic E-state index is 2.44. The molecule has 0 heteroatoms. The highest BCUT2D eigenvalue weighted by atomic mass is 14.5. The fourth-order valence-electron chi connectivity index (χ4n) is 2.80. The van der Waals surface area contributed by atoms with Crippen LogP contribution in [0.2, 0.25) is 0 Å². The van der Waals surface area contributed by atoms with Crippen molar-refractivity contribution in [1.82, 2.24) is 0 Å². The van der Waals surface area contributed by atoms with E-state index < -0.39 is 0 Å². The summed E-state index contributed by atoms with van der Waals surface area (Å²) in [4.78, 5) is 0. The zero-order valence-corrected chi connectivity index (χ0v) is 9.75. The molecule has 0 radical (unpaired) electrons. The van der Waals surface area contributed by atoms with Crippen molar-refractivity contribution in [3.8, 4) is 0 Å². The van der Waals surface area contributed by atoms with Gasteiger partial charge in [-0.3, -0.25) is 0 Å². The summed E-state index contributed by atoms with van der Waals surface area (Å²) in [6.45, 7) is 6.83. The molecule has 78 valence electrons. The molecule has 15 heavy (non-hydrogen) atoms. The Morgan fingerprint density at radius 3 is 2.73 bits per heavy atom. The predicted octanol–water partition coefficient (Wildman–Crippen LogP) is 4.33. The fourth-order valence-corrected chi connectivity index (χ4v) is 2.80. The predicted molar refractivity (Wildman–Crippen MR) is 65.0 cm³/mol. The van der Waals surface area contributed by atoms with Crippen molar-refractivity contribution in [3.05, 3.63) is 40.5 Å². The van der Waals surface area contributed by atoms with Gasteiger partial charge in [0.1, 0.15) is 0 Å². The Balaban J connectivity index is 2.10. The summed E-state index contributed by atoms with van der Waals surface area (Å²) in [6.07, 6.45) is 3.77. The summed E-state index contributed by atoms with van der Waals surface area (Å²) in [5.41, 5.74) is 6.16. The molecule has 3 rings (SSSR count). The maximum Gasteiger partial charge on any atom is -0.00842 e. The van der Waals surface area contributed by atoms with Gasteiger partial charge in [0.05, 0.1) is 0 Å². The average Bonchev–Trinajstić information content (AvgIpc) is 2.97. The second-order valence-electron chi connectivity index (χ2n) is 5.38. The smallest absolute Gasteiger partial charge is 0.00842 e. The quantitative estimate of drug-likeness (QED) is 0.630. The van der Waals surface area contributed by atoms with Gasteiger partial charge >= 0.3 is 0 Å². The molecule has 0 aromatic heterocycles. The van der Waals surface area contributed by atoms with Gasteiger partial charge in [0, 0.05) is 0 Å². The highest BCUT2D eigenvalue weighted by Crippen LogP contribution is 2.56. The Bertz CT molecular complexity index is 437. The van der Waals surface area contributed by atoms with Crippen LogP contribution in [0.3, 0.4) is 0 Å². The number of hydrogen-bond donors (Lipinski definition) is 0. The molecule has 2 aliphatic rings. The zero-order valence-electron chi connectivity index (χ0n) is 9.75. The lowest BCUT2D eigenvalue weighted by Crippen LogP contribution is -1.98. The van der Waals surface area contributed by atoms with Crippen molar-refractivity contribution in [1.29, 1.82) is 0 Å². The average molecular weight is 198 g/mol. The summed E-state index contributed by atoms with van der Waals surface area (Å²) in [5.74, 6) is 2.38. The van der Waals surface area contributed by atoms with Gasteiger partial charge in [-0.1, -0.05) is 43.7 Å². The first-order valence-electron chi connectivity index (χ1n) is 5.99. The van der Waals surface area contributed by atoms with E-state index in [0.717, 1.165) is 11.8 Å². The van der Waals surface area contributed by atoms with Gasteiger partial charge in [-0.25, -0.2) is 0 Å². The Morgan fingerprint density at radius 2 is 2.00 bits per heavy atom. The van der Waals surface area contributed by atoms with E-state index in [2.05, 4.69) is 45.0 Å². The molecule has 0 amide bonds. The fraction of sp³-hybridized carbons (Fsp3) is 0.467. The summed E-state index contributed by atoms with van der Waals surface area (Å²) in [7, 11) is 0. The molecule has 1 saturated carbocycles. The molecule has 0 heterocycles. The molecule has 2 atom stereocenters. The number of hydrogen-bond acceptors (Lipinski definition) is 0. The van der Waals surface area contributed by atoms with E-state index in [0.29, 0.717) is 5.92 Å². The SMILES string of the molecule is CC1=Cc2ccc(C(C)C)cc2C2CC12. The molecule has 2 unspecified atom stereocenters. The molecule has 0 aliphatic heterocycles. The summed E-state index contributed by atoms with van der Waals surface area (Å²) < 4.78 is 0. The normalized spacial score (nSPS) is 27.1. The molecule has 0 nitrogen and oxygen atoms in total. The third-order valence-electron chi connectivity index (χ3n) is 3.94. The van der Waals surface area contributed by atoms with Crippen LogP contribution in [0.4, 0.5) is 0 Å². The van der Waals surface area contributed by atoms with Gasteiger partial charge in [-0.05, 0) is 47.8 Å². The standard InChI is InChI=1S/C15H18/c1-9(2)11-4-5-12-6-10(3)13-8-15(13)14(12)7-11/h4-7,9,13,15H,8H2,1-3H3. The number of rotatable bonds is 1. The molecule has 1 aromatic carbocycles. The van der Waals surface area contributed by atoms with Crippen LogP contribution in [0, 0.1) is 5.92 Å². The molecule has 0 spiro atoms. The van der Waals surface area contributed by atoms with Crippen LogP contribution in [0.1, 0.15) is 55.7 Å². The highest BCUT2D eigenvalue weighted by molar-refractivity contribution is 5.64. The lowest BCUT2D eigenvalue weighted by molar-refractivity contribution is 0.854. The minimum atomic E-state index is 0.652. The number of allylic oxidation sites excluding steroid dienone is 1. The summed E-state index contributed by atoms with van der Waals surface area (Å²) in [6, 6.07) is 7.03. The molecular formula is C15H18. The first kappa shape index (κ1) is 9.21. The third kappa shape index (κ3) is 1.35. The van der Waals surface area contributed by atoms with Crippen molar-refractivity contribution in [2.45, 2.75) is 39.0 Å². The van der Waals surface area contributed by atoms with Crippen LogP contribution >= 0.6 is 0 Å². The summed E-state index contributed by atoms with van der Waals surface area (Å²) >= 11 is 0. The molecule has 1 aromatic rings. The lowest BCUT2D eigenvalue weighted by atomic mass is 9.89. The van der Waals surface area contributed by atoms with Gasteiger partial charge in [0.15, 0.2) is 0 Å². The second kappa shape index (κ2) is 2.98. The molecule has 1 fully saturated rings. The summed E-state index contributed by atoms with van der Waals surface area (Å²) in [5, 5.41) is 0. The van der Waals surface area contributed by atoms with Crippen LogP contribution in [-0.4, -0.2) is 0 Å². The Hall–Kier alpha value is -1.04. The van der Waals surface area contributed by atoms with Gasteiger partial charge < -0.3 is 0 Å². The van der Waals surface area contributed by atoms with Gasteiger partial charge in [0.25, 0.3) is 0 Å². The lowest BCUT2D eigenvalue weighted by Gasteiger charge is -2.16. The third-order valence-corrected chi connectivity index (χ3v) is 3.94. The molecule has 0 bridgehead atoms. The van der Waals surface area contributed by atoms with E-state index in [1.54, 1.807) is 11.1 Å². The van der Waals surface area contributed by atoms with Crippen LogP contribution in [0.15, 0.2) is 23.8 Å². The van der Waals surface area contributed by atoms with Gasteiger partial charge in [-0.2, -0.15) is 0 Å². The topological polar surface area (TPSA) is 0 Å². The first-order valence-corrected chi connectivity index (χ1v) is 5.99. The van der Waals surface area contributed by atoms with Crippen molar-refractivity contribution >= 4 is 6.08 Å². The largest absolute Gasteiger partial charge is 0.0690 e. The molecular weight excluding hydrogens is 180 g/mol. The van der Waals surface area contributed by atoms with Crippen LogP contribution < -0.4 is 0 Å². The van der Waals surface area contributed by atoms with Crippen molar-refractivity contribution < 1.29 is 0 Å². The second-order valence-corrected chi connectivity index (χ2v) is 5.38. The molecule has 0 saturated heterocycles. The van der Waals surface area contributed by atoms with Crippen molar-refractivity contribution in [3.63, 3.8) is 0 Å². The van der Waals surface area contributed by atoms with E-state index in [9.17, 15) is 0 Å². The van der Waals surface area contributed by atoms with E-state index in [-0.39, 0.29) is 0 Å². The van der Waals surface area contributed by atoms with Crippen molar-refractivity contribution in [2.75, 3.05) is 0 Å². The Kier molecular flexibility index (Phi) is 1.83. The molecule has 2 aliphatic carbocycles. The number of fused-ring (bicyclic) bond motifs is 3. The molecule has 0 N–H and O–H groups in total.